The van der Waals surface area contributed by atoms with Crippen LogP contribution in [0.3, 0.4) is 0 Å². The number of hydrogen-bond donors (Lipinski definition) is 2. The average molecular weight is 308 g/mol. The summed E-state index contributed by atoms with van der Waals surface area (Å²) in [5.41, 5.74) is 0.338. The quantitative estimate of drug-likeness (QED) is 0.348. The number of ether oxygens (including phenoxy) is 1. The van der Waals surface area contributed by atoms with Crippen LogP contribution in [0, 0.1) is 10.1 Å². The van der Waals surface area contributed by atoms with Crippen molar-refractivity contribution in [3.8, 4) is 0 Å². The standard InChI is InChI=1S/C15H24N4O3/c1-5-16-14(18-11-15(2,3)22-4)17-10-12-8-6-7-9-13(12)19(20)21/h6-9H,5,10-11H2,1-4H3,(H2,16,17,18). The molecule has 0 atom stereocenters. The normalized spacial score (nSPS) is 12.1. The Morgan fingerprint density at radius 3 is 2.64 bits per heavy atom. The van der Waals surface area contributed by atoms with Crippen molar-refractivity contribution in [2.24, 2.45) is 4.99 Å². The number of hydrogen-bond acceptors (Lipinski definition) is 4. The van der Waals surface area contributed by atoms with E-state index in [0.29, 0.717) is 24.6 Å². The molecule has 0 bridgehead atoms. The molecule has 22 heavy (non-hydrogen) atoms. The van der Waals surface area contributed by atoms with Gasteiger partial charge in [-0.15, -0.1) is 0 Å². The van der Waals surface area contributed by atoms with E-state index in [-0.39, 0.29) is 22.8 Å². The summed E-state index contributed by atoms with van der Waals surface area (Å²) in [7, 11) is 1.65. The van der Waals surface area contributed by atoms with Crippen LogP contribution in [0.25, 0.3) is 0 Å². The molecule has 0 aromatic heterocycles. The number of methoxy groups -OCH3 is 1. The van der Waals surface area contributed by atoms with E-state index >= 15 is 0 Å². The lowest BCUT2D eigenvalue weighted by Crippen LogP contribution is -2.45. The molecular weight excluding hydrogens is 284 g/mol. The van der Waals surface area contributed by atoms with E-state index in [2.05, 4.69) is 15.6 Å². The van der Waals surface area contributed by atoms with Crippen LogP contribution < -0.4 is 10.6 Å². The Labute approximate surface area is 130 Å². The van der Waals surface area contributed by atoms with Gasteiger partial charge in [-0.05, 0) is 20.8 Å². The fourth-order valence-electron chi connectivity index (χ4n) is 1.70. The van der Waals surface area contributed by atoms with E-state index in [1.807, 2.05) is 20.8 Å². The van der Waals surface area contributed by atoms with Crippen LogP contribution in [0.15, 0.2) is 29.3 Å². The largest absolute Gasteiger partial charge is 0.377 e. The first-order chi connectivity index (χ1) is 10.4. The smallest absolute Gasteiger partial charge is 0.274 e. The van der Waals surface area contributed by atoms with Gasteiger partial charge in [0.25, 0.3) is 5.69 Å². The summed E-state index contributed by atoms with van der Waals surface area (Å²) in [6.45, 7) is 7.41. The lowest BCUT2D eigenvalue weighted by molar-refractivity contribution is -0.385. The van der Waals surface area contributed by atoms with E-state index in [9.17, 15) is 10.1 Å². The molecule has 1 rings (SSSR count). The zero-order valence-corrected chi connectivity index (χ0v) is 13.5. The van der Waals surface area contributed by atoms with Gasteiger partial charge in [0.15, 0.2) is 5.96 Å². The molecule has 122 valence electrons. The number of nitro benzene ring substituents is 1. The maximum atomic E-state index is 11.0. The first kappa shape index (κ1) is 17.9. The minimum atomic E-state index is -0.390. The highest BCUT2D eigenvalue weighted by molar-refractivity contribution is 5.79. The molecular formula is C15H24N4O3. The average Bonchev–Trinajstić information content (AvgIpc) is 2.50. The van der Waals surface area contributed by atoms with Crippen LogP contribution in [0.5, 0.6) is 0 Å². The fraction of sp³-hybridized carbons (Fsp3) is 0.533. The Bertz CT molecular complexity index is 529. The summed E-state index contributed by atoms with van der Waals surface area (Å²) in [5.74, 6) is 0.603. The van der Waals surface area contributed by atoms with Crippen LogP contribution in [0.2, 0.25) is 0 Å². The zero-order valence-electron chi connectivity index (χ0n) is 13.5. The number of para-hydroxylation sites is 1. The molecule has 0 radical (unpaired) electrons. The van der Waals surface area contributed by atoms with Crippen LogP contribution >= 0.6 is 0 Å². The van der Waals surface area contributed by atoms with Gasteiger partial charge in [0.2, 0.25) is 0 Å². The van der Waals surface area contributed by atoms with Crippen LogP contribution in [-0.4, -0.2) is 36.7 Å². The maximum absolute atomic E-state index is 11.0. The zero-order chi connectivity index (χ0) is 16.6. The molecule has 2 N–H and O–H groups in total. The van der Waals surface area contributed by atoms with Gasteiger partial charge < -0.3 is 15.4 Å². The highest BCUT2D eigenvalue weighted by Gasteiger charge is 2.17. The Morgan fingerprint density at radius 2 is 2.05 bits per heavy atom. The van der Waals surface area contributed by atoms with Crippen molar-refractivity contribution in [2.75, 3.05) is 20.2 Å². The van der Waals surface area contributed by atoms with Gasteiger partial charge in [0, 0.05) is 26.3 Å². The Morgan fingerprint density at radius 1 is 1.36 bits per heavy atom. The third-order valence-electron chi connectivity index (χ3n) is 3.17. The molecule has 0 spiro atoms. The van der Waals surface area contributed by atoms with Crippen molar-refractivity contribution in [3.05, 3.63) is 39.9 Å². The molecule has 0 aliphatic rings. The summed E-state index contributed by atoms with van der Waals surface area (Å²) in [6.07, 6.45) is 0. The van der Waals surface area contributed by atoms with Crippen LogP contribution in [-0.2, 0) is 11.3 Å². The molecule has 7 nitrogen and oxygen atoms in total. The lowest BCUT2D eigenvalue weighted by atomic mass is 10.1. The molecule has 1 aromatic carbocycles. The number of aliphatic imine (C=N–C) groups is 1. The third-order valence-corrected chi connectivity index (χ3v) is 3.17. The molecule has 0 aliphatic heterocycles. The van der Waals surface area contributed by atoms with E-state index in [1.165, 1.54) is 6.07 Å². The number of rotatable bonds is 7. The molecule has 1 aromatic rings. The number of guanidine groups is 1. The molecule has 0 fully saturated rings. The van der Waals surface area contributed by atoms with Crippen molar-refractivity contribution in [1.29, 1.82) is 0 Å². The summed E-state index contributed by atoms with van der Waals surface area (Å²) in [6, 6.07) is 6.62. The van der Waals surface area contributed by atoms with Gasteiger partial charge in [-0.2, -0.15) is 0 Å². The Kier molecular flexibility index (Phi) is 6.78. The van der Waals surface area contributed by atoms with Gasteiger partial charge in [-0.25, -0.2) is 4.99 Å². The van der Waals surface area contributed by atoms with Crippen molar-refractivity contribution >= 4 is 11.6 Å². The second kappa shape index (κ2) is 8.33. The predicted molar refractivity (Wildman–Crippen MR) is 87.0 cm³/mol. The van der Waals surface area contributed by atoms with Crippen LogP contribution in [0.1, 0.15) is 26.3 Å². The van der Waals surface area contributed by atoms with E-state index in [0.717, 1.165) is 0 Å². The van der Waals surface area contributed by atoms with E-state index in [4.69, 9.17) is 4.74 Å². The van der Waals surface area contributed by atoms with E-state index < -0.39 is 0 Å². The second-order valence-corrected chi connectivity index (χ2v) is 5.40. The lowest BCUT2D eigenvalue weighted by Gasteiger charge is -2.24. The number of nitrogens with one attached hydrogen (secondary N) is 2. The summed E-state index contributed by atoms with van der Waals surface area (Å²) in [4.78, 5) is 15.0. The van der Waals surface area contributed by atoms with Gasteiger partial charge >= 0.3 is 0 Å². The third kappa shape index (κ3) is 5.69. The highest BCUT2D eigenvalue weighted by Crippen LogP contribution is 2.18. The number of benzene rings is 1. The monoisotopic (exact) mass is 308 g/mol. The van der Waals surface area contributed by atoms with Crippen molar-refractivity contribution < 1.29 is 9.66 Å². The first-order valence-corrected chi connectivity index (χ1v) is 7.19. The molecule has 0 unspecified atom stereocenters. The first-order valence-electron chi connectivity index (χ1n) is 7.19. The predicted octanol–water partition coefficient (Wildman–Crippen LogP) is 2.07. The number of nitrogens with zero attached hydrogens (tertiary/aromatic N) is 2. The van der Waals surface area contributed by atoms with Gasteiger partial charge in [-0.1, -0.05) is 18.2 Å². The van der Waals surface area contributed by atoms with Crippen LogP contribution in [0.4, 0.5) is 5.69 Å². The molecule has 0 aliphatic carbocycles. The van der Waals surface area contributed by atoms with Gasteiger partial charge in [0.1, 0.15) is 0 Å². The van der Waals surface area contributed by atoms with Gasteiger partial charge in [0.05, 0.1) is 22.6 Å². The number of nitro groups is 1. The van der Waals surface area contributed by atoms with Gasteiger partial charge in [-0.3, -0.25) is 10.1 Å². The second-order valence-electron chi connectivity index (χ2n) is 5.40. The topological polar surface area (TPSA) is 88.8 Å². The van der Waals surface area contributed by atoms with Crippen molar-refractivity contribution in [3.63, 3.8) is 0 Å². The molecule has 0 saturated heterocycles. The molecule has 0 heterocycles. The summed E-state index contributed by atoms with van der Waals surface area (Å²) >= 11 is 0. The summed E-state index contributed by atoms with van der Waals surface area (Å²) < 4.78 is 5.34. The fourth-order valence-corrected chi connectivity index (χ4v) is 1.70. The van der Waals surface area contributed by atoms with E-state index in [1.54, 1.807) is 25.3 Å². The maximum Gasteiger partial charge on any atom is 0.274 e. The SMILES string of the molecule is CCNC(=NCc1ccccc1[N+](=O)[O-])NCC(C)(C)OC. The minimum absolute atomic E-state index is 0.0827. The van der Waals surface area contributed by atoms with Crippen molar-refractivity contribution in [1.82, 2.24) is 10.6 Å². The molecule has 0 amide bonds. The Balaban J connectivity index is 2.80. The molecule has 0 saturated carbocycles. The highest BCUT2D eigenvalue weighted by atomic mass is 16.6. The molecule has 7 heteroatoms. The minimum Gasteiger partial charge on any atom is -0.377 e. The summed E-state index contributed by atoms with van der Waals surface area (Å²) in [5, 5.41) is 17.3. The Hall–Kier alpha value is -2.15. The van der Waals surface area contributed by atoms with Crippen molar-refractivity contribution in [2.45, 2.75) is 32.9 Å².